The van der Waals surface area contributed by atoms with Crippen LogP contribution in [0.15, 0.2) is 36.5 Å². The van der Waals surface area contributed by atoms with E-state index in [2.05, 4.69) is 5.10 Å². The fourth-order valence-electron chi connectivity index (χ4n) is 3.04. The first kappa shape index (κ1) is 18.9. The number of carbonyl (C=O) groups is 1. The number of benzene rings is 1. The third-order valence-corrected chi connectivity index (χ3v) is 4.29. The van der Waals surface area contributed by atoms with Crippen LogP contribution in [0.5, 0.6) is 0 Å². The van der Waals surface area contributed by atoms with E-state index < -0.39 is 4.92 Å². The van der Waals surface area contributed by atoms with Crippen LogP contribution in [-0.4, -0.2) is 44.6 Å². The van der Waals surface area contributed by atoms with Gasteiger partial charge in [-0.15, -0.1) is 12.4 Å². The van der Waals surface area contributed by atoms with Crippen molar-refractivity contribution in [3.8, 4) is 5.69 Å². The second-order valence-electron chi connectivity index (χ2n) is 5.78. The van der Waals surface area contributed by atoms with E-state index in [-0.39, 0.29) is 35.7 Å². The molecule has 0 aliphatic carbocycles. The number of para-hydroxylation sites is 2. The summed E-state index contributed by atoms with van der Waals surface area (Å²) >= 11 is 0. The van der Waals surface area contributed by atoms with Crippen molar-refractivity contribution in [3.05, 3.63) is 52.3 Å². The summed E-state index contributed by atoms with van der Waals surface area (Å²) in [6.45, 7) is 1.09. The Bertz CT molecular complexity index is 764. The molecule has 1 fully saturated rings. The maximum absolute atomic E-state index is 12.7. The van der Waals surface area contributed by atoms with Gasteiger partial charge in [-0.2, -0.15) is 5.10 Å². The molecule has 2 aromatic rings. The zero-order chi connectivity index (χ0) is 17.1. The minimum absolute atomic E-state index is 0. The molecular weight excluding hydrogens is 346 g/mol. The van der Waals surface area contributed by atoms with Crippen LogP contribution in [0.4, 0.5) is 5.69 Å². The summed E-state index contributed by atoms with van der Waals surface area (Å²) in [6.07, 6.45) is 4.48. The Kier molecular flexibility index (Phi) is 6.11. The van der Waals surface area contributed by atoms with Crippen molar-refractivity contribution in [2.45, 2.75) is 25.3 Å². The fourth-order valence-corrected chi connectivity index (χ4v) is 3.04. The smallest absolute Gasteiger partial charge is 0.294 e. The molecule has 9 heteroatoms. The van der Waals surface area contributed by atoms with Crippen molar-refractivity contribution in [3.63, 3.8) is 0 Å². The fraction of sp³-hybridized carbons (Fsp3) is 0.375. The van der Waals surface area contributed by atoms with Crippen molar-refractivity contribution >= 4 is 24.0 Å². The van der Waals surface area contributed by atoms with Crippen LogP contribution in [0.2, 0.25) is 0 Å². The van der Waals surface area contributed by atoms with Gasteiger partial charge in [0.1, 0.15) is 5.69 Å². The molecule has 1 amide bonds. The SMILES string of the molecule is Cl.NCC1CCCCN1C(=O)c1ccn(-c2ccccc2[N+](=O)[O-])n1. The predicted octanol–water partition coefficient (Wildman–Crippen LogP) is 2.16. The van der Waals surface area contributed by atoms with E-state index in [1.54, 1.807) is 35.4 Å². The Morgan fingerprint density at radius 1 is 1.32 bits per heavy atom. The zero-order valence-electron chi connectivity index (χ0n) is 13.6. The highest BCUT2D eigenvalue weighted by Gasteiger charge is 2.28. The van der Waals surface area contributed by atoms with E-state index >= 15 is 0 Å². The lowest BCUT2D eigenvalue weighted by Crippen LogP contribution is -2.47. The molecule has 2 N–H and O–H groups in total. The van der Waals surface area contributed by atoms with Crippen molar-refractivity contribution < 1.29 is 9.72 Å². The number of aromatic nitrogens is 2. The molecular formula is C16H20ClN5O3. The van der Waals surface area contributed by atoms with Gasteiger partial charge in [0, 0.05) is 31.4 Å². The number of halogens is 1. The van der Waals surface area contributed by atoms with Gasteiger partial charge in [0.15, 0.2) is 5.69 Å². The summed E-state index contributed by atoms with van der Waals surface area (Å²) in [5, 5.41) is 15.4. The standard InChI is InChI=1S/C16H19N5O3.ClH/c17-11-12-5-3-4-9-19(12)16(22)13-8-10-20(18-13)14-6-1-2-7-15(14)21(23)24;/h1-2,6-8,10,12H,3-5,9,11,17H2;1H. The number of hydrogen-bond acceptors (Lipinski definition) is 5. The number of amides is 1. The maximum Gasteiger partial charge on any atom is 0.294 e. The second kappa shape index (κ2) is 8.09. The summed E-state index contributed by atoms with van der Waals surface area (Å²) in [5.41, 5.74) is 6.31. The van der Waals surface area contributed by atoms with Gasteiger partial charge in [-0.1, -0.05) is 12.1 Å². The van der Waals surface area contributed by atoms with Gasteiger partial charge >= 0.3 is 0 Å². The lowest BCUT2D eigenvalue weighted by Gasteiger charge is -2.34. The van der Waals surface area contributed by atoms with E-state index in [9.17, 15) is 14.9 Å². The van der Waals surface area contributed by atoms with Gasteiger partial charge in [0.25, 0.3) is 11.6 Å². The highest BCUT2D eigenvalue weighted by atomic mass is 35.5. The molecule has 0 bridgehead atoms. The number of nitro benzene ring substituents is 1. The highest BCUT2D eigenvalue weighted by molar-refractivity contribution is 5.92. The molecule has 0 spiro atoms. The van der Waals surface area contributed by atoms with Gasteiger partial charge < -0.3 is 10.6 Å². The highest BCUT2D eigenvalue weighted by Crippen LogP contribution is 2.23. The first-order chi connectivity index (χ1) is 11.6. The minimum Gasteiger partial charge on any atom is -0.333 e. The molecule has 1 aliphatic rings. The van der Waals surface area contributed by atoms with Crippen LogP contribution in [0.3, 0.4) is 0 Å². The molecule has 3 rings (SSSR count). The van der Waals surface area contributed by atoms with Gasteiger partial charge in [-0.25, -0.2) is 4.68 Å². The molecule has 8 nitrogen and oxygen atoms in total. The van der Waals surface area contributed by atoms with Crippen molar-refractivity contribution in [2.24, 2.45) is 5.73 Å². The largest absolute Gasteiger partial charge is 0.333 e. The van der Waals surface area contributed by atoms with Gasteiger partial charge in [-0.05, 0) is 31.4 Å². The first-order valence-electron chi connectivity index (χ1n) is 7.92. The molecule has 1 aliphatic heterocycles. The number of nitro groups is 1. The third kappa shape index (κ3) is 3.80. The number of nitrogens with zero attached hydrogens (tertiary/aromatic N) is 4. The second-order valence-corrected chi connectivity index (χ2v) is 5.78. The number of likely N-dealkylation sites (tertiary alicyclic amines) is 1. The van der Waals surface area contributed by atoms with Gasteiger partial charge in [0.05, 0.1) is 4.92 Å². The third-order valence-electron chi connectivity index (χ3n) is 4.29. The van der Waals surface area contributed by atoms with E-state index in [0.29, 0.717) is 18.8 Å². The average molecular weight is 366 g/mol. The topological polar surface area (TPSA) is 107 Å². The number of hydrogen-bond donors (Lipinski definition) is 1. The number of nitrogens with two attached hydrogens (primary N) is 1. The zero-order valence-corrected chi connectivity index (χ0v) is 14.4. The Morgan fingerprint density at radius 3 is 2.80 bits per heavy atom. The van der Waals surface area contributed by atoms with E-state index in [1.165, 1.54) is 10.7 Å². The van der Waals surface area contributed by atoms with Crippen LogP contribution in [0.25, 0.3) is 5.69 Å². The molecule has 1 atom stereocenters. The molecule has 25 heavy (non-hydrogen) atoms. The number of rotatable bonds is 4. The summed E-state index contributed by atoms with van der Waals surface area (Å²) in [6, 6.07) is 7.91. The van der Waals surface area contributed by atoms with Crippen LogP contribution >= 0.6 is 12.4 Å². The number of carbonyl (C=O) groups excluding carboxylic acids is 1. The Balaban J connectivity index is 0.00000225. The summed E-state index contributed by atoms with van der Waals surface area (Å²) in [4.78, 5) is 25.1. The van der Waals surface area contributed by atoms with Crippen LogP contribution in [-0.2, 0) is 0 Å². The average Bonchev–Trinajstić information content (AvgIpc) is 3.11. The molecule has 134 valence electrons. The molecule has 1 aromatic carbocycles. The van der Waals surface area contributed by atoms with Gasteiger partial charge in [0.2, 0.25) is 0 Å². The summed E-state index contributed by atoms with van der Waals surface area (Å²) < 4.78 is 1.37. The molecule has 1 aromatic heterocycles. The lowest BCUT2D eigenvalue weighted by atomic mass is 10.0. The Morgan fingerprint density at radius 2 is 2.08 bits per heavy atom. The van der Waals surface area contributed by atoms with Crippen LogP contribution < -0.4 is 5.73 Å². The first-order valence-corrected chi connectivity index (χ1v) is 7.92. The molecule has 0 radical (unpaired) electrons. The van der Waals surface area contributed by atoms with Crippen molar-refractivity contribution in [1.29, 1.82) is 0 Å². The normalized spacial score (nSPS) is 17.0. The van der Waals surface area contributed by atoms with Crippen molar-refractivity contribution in [1.82, 2.24) is 14.7 Å². The van der Waals surface area contributed by atoms with Crippen LogP contribution in [0.1, 0.15) is 29.8 Å². The molecule has 1 saturated heterocycles. The Hall–Kier alpha value is -2.45. The summed E-state index contributed by atoms with van der Waals surface area (Å²) in [7, 11) is 0. The minimum atomic E-state index is -0.465. The van der Waals surface area contributed by atoms with Gasteiger partial charge in [-0.3, -0.25) is 14.9 Å². The predicted molar refractivity (Wildman–Crippen MR) is 95.2 cm³/mol. The van der Waals surface area contributed by atoms with Crippen LogP contribution in [0, 0.1) is 10.1 Å². The summed E-state index contributed by atoms with van der Waals surface area (Å²) in [5.74, 6) is -0.178. The Labute approximate surface area is 151 Å². The maximum atomic E-state index is 12.7. The van der Waals surface area contributed by atoms with E-state index in [4.69, 9.17) is 5.73 Å². The molecule has 2 heterocycles. The monoisotopic (exact) mass is 365 g/mol. The van der Waals surface area contributed by atoms with E-state index in [1.807, 2.05) is 0 Å². The molecule has 0 saturated carbocycles. The number of piperidine rings is 1. The quantitative estimate of drug-likeness (QED) is 0.659. The molecule has 1 unspecified atom stereocenters. The van der Waals surface area contributed by atoms with Crippen molar-refractivity contribution in [2.75, 3.05) is 13.1 Å². The van der Waals surface area contributed by atoms with E-state index in [0.717, 1.165) is 19.3 Å². The lowest BCUT2D eigenvalue weighted by molar-refractivity contribution is -0.384.